The number of piperazine rings is 1. The van der Waals surface area contributed by atoms with Crippen LogP contribution in [0.4, 0.5) is 11.5 Å². The molecule has 0 aliphatic carbocycles. The Labute approximate surface area is 248 Å². The van der Waals surface area contributed by atoms with Crippen LogP contribution in [0.2, 0.25) is 0 Å². The van der Waals surface area contributed by atoms with Crippen molar-refractivity contribution in [1.82, 2.24) is 19.8 Å². The minimum Gasteiger partial charge on any atom is -0.462 e. The Morgan fingerprint density at radius 3 is 2.74 bits per heavy atom. The van der Waals surface area contributed by atoms with Crippen molar-refractivity contribution in [3.63, 3.8) is 0 Å². The Hall–Kier alpha value is -4.16. The lowest BCUT2D eigenvalue weighted by atomic mass is 10.0. The largest absolute Gasteiger partial charge is 0.462 e. The van der Waals surface area contributed by atoms with E-state index in [4.69, 9.17) is 21.3 Å². The molecule has 3 aliphatic heterocycles. The molecule has 1 aromatic heterocycles. The summed E-state index contributed by atoms with van der Waals surface area (Å²) in [6.07, 6.45) is 3.31. The van der Waals surface area contributed by atoms with Crippen molar-refractivity contribution in [2.75, 3.05) is 62.7 Å². The van der Waals surface area contributed by atoms with Crippen LogP contribution in [-0.4, -0.2) is 90.7 Å². The third-order valence-electron chi connectivity index (χ3n) is 9.22. The normalized spacial score (nSPS) is 22.6. The molecule has 2 aromatic carbocycles. The zero-order chi connectivity index (χ0) is 29.2. The van der Waals surface area contributed by atoms with E-state index in [-0.39, 0.29) is 18.5 Å². The first kappa shape index (κ1) is 28.0. The van der Waals surface area contributed by atoms with Gasteiger partial charge in [0, 0.05) is 48.9 Å². The molecule has 2 fully saturated rings. The third-order valence-corrected chi connectivity index (χ3v) is 9.22. The Kier molecular flexibility index (Phi) is 7.98. The first-order chi connectivity index (χ1) is 20.5. The first-order valence-electron chi connectivity index (χ1n) is 14.9. The summed E-state index contributed by atoms with van der Waals surface area (Å²) in [7, 11) is 2.15. The summed E-state index contributed by atoms with van der Waals surface area (Å²) in [5.74, 6) is 1.30. The highest BCUT2D eigenvalue weighted by molar-refractivity contribution is 5.94. The second-order valence-corrected chi connectivity index (χ2v) is 11.7. The Balaban J connectivity index is 1.33. The minimum atomic E-state index is -0.222. The van der Waals surface area contributed by atoms with Gasteiger partial charge in [-0.2, -0.15) is 9.97 Å². The van der Waals surface area contributed by atoms with Gasteiger partial charge in [0.2, 0.25) is 12.5 Å². The molecule has 1 amide bonds. The minimum absolute atomic E-state index is 0.127. The maximum atomic E-state index is 12.5. The van der Waals surface area contributed by atoms with E-state index in [0.29, 0.717) is 50.8 Å². The van der Waals surface area contributed by atoms with Gasteiger partial charge < -0.3 is 24.3 Å². The molecule has 218 valence electrons. The standard InChI is InChI=1S/C33H39N7O2/c1-5-31(41)40-18-17-39(20-25(40)19-34-3)32-27-14-16-38(29-12-8-10-24-9-6-7-11-26(24)29)21-28(27)35-33(36-32)42-22-30-23(2)13-15-37(30)4/h5-12,23,25,30H,1,13-22H2,2,4H3/t23-,25-,30+/m0/s1. The number of hydrogen-bond acceptors (Lipinski definition) is 7. The highest BCUT2D eigenvalue weighted by Crippen LogP contribution is 2.35. The van der Waals surface area contributed by atoms with Crippen LogP contribution in [0, 0.1) is 12.5 Å². The lowest BCUT2D eigenvalue weighted by Gasteiger charge is -2.41. The molecule has 9 nitrogen and oxygen atoms in total. The average molecular weight is 566 g/mol. The highest BCUT2D eigenvalue weighted by Gasteiger charge is 2.35. The fourth-order valence-corrected chi connectivity index (χ4v) is 6.77. The van der Waals surface area contributed by atoms with Crippen LogP contribution in [0.15, 0.2) is 55.1 Å². The molecule has 0 spiro atoms. The molecular weight excluding hydrogens is 526 g/mol. The zero-order valence-electron chi connectivity index (χ0n) is 24.6. The number of nitrogens with zero attached hydrogens (tertiary/aromatic N) is 7. The molecule has 3 aliphatic rings. The SMILES string of the molecule is [C-]#[N+]C[C@H]1CN(c2nc(OC[C@@H]3[C@@H](C)CCN3C)nc3c2CCN(c2cccc4ccccc24)C3)CCN1C(=O)C=C. The molecule has 4 heterocycles. The summed E-state index contributed by atoms with van der Waals surface area (Å²) in [5, 5.41) is 2.46. The summed E-state index contributed by atoms with van der Waals surface area (Å²) in [5.41, 5.74) is 3.32. The van der Waals surface area contributed by atoms with Gasteiger partial charge in [-0.15, -0.1) is 0 Å². The number of benzene rings is 2. The van der Waals surface area contributed by atoms with E-state index < -0.39 is 0 Å². The van der Waals surface area contributed by atoms with Gasteiger partial charge in [0.05, 0.1) is 12.2 Å². The second-order valence-electron chi connectivity index (χ2n) is 11.7. The van der Waals surface area contributed by atoms with Crippen LogP contribution in [0.25, 0.3) is 15.6 Å². The molecular formula is C33H39N7O2. The average Bonchev–Trinajstić information content (AvgIpc) is 3.34. The third kappa shape index (κ3) is 5.39. The zero-order valence-corrected chi connectivity index (χ0v) is 24.6. The highest BCUT2D eigenvalue weighted by atomic mass is 16.5. The number of carbonyl (C=O) groups is 1. The Bertz CT molecular complexity index is 1500. The number of ether oxygens (including phenoxy) is 1. The van der Waals surface area contributed by atoms with Crippen molar-refractivity contribution in [3.8, 4) is 6.01 Å². The van der Waals surface area contributed by atoms with Crippen LogP contribution >= 0.6 is 0 Å². The van der Waals surface area contributed by atoms with Crippen molar-refractivity contribution < 1.29 is 9.53 Å². The fourth-order valence-electron chi connectivity index (χ4n) is 6.77. The lowest BCUT2D eigenvalue weighted by molar-refractivity contribution is -0.128. The van der Waals surface area contributed by atoms with Crippen LogP contribution in [0.5, 0.6) is 6.01 Å². The van der Waals surface area contributed by atoms with Crippen LogP contribution in [-0.2, 0) is 17.8 Å². The molecule has 6 rings (SSSR count). The topological polar surface area (TPSA) is 69.4 Å². The summed E-state index contributed by atoms with van der Waals surface area (Å²) in [4.78, 5) is 35.0. The van der Waals surface area contributed by atoms with Gasteiger partial charge in [0.15, 0.2) is 0 Å². The summed E-state index contributed by atoms with van der Waals surface area (Å²) in [6.45, 7) is 18.5. The predicted molar refractivity (Wildman–Crippen MR) is 166 cm³/mol. The van der Waals surface area contributed by atoms with Gasteiger partial charge in [-0.05, 0) is 49.9 Å². The monoisotopic (exact) mass is 565 g/mol. The lowest BCUT2D eigenvalue weighted by Crippen LogP contribution is -2.56. The van der Waals surface area contributed by atoms with Gasteiger partial charge >= 0.3 is 6.01 Å². The van der Waals surface area contributed by atoms with Gasteiger partial charge in [-0.1, -0.05) is 49.9 Å². The maximum Gasteiger partial charge on any atom is 0.318 e. The number of likely N-dealkylation sites (tertiary alicyclic amines) is 1. The van der Waals surface area contributed by atoms with Crippen LogP contribution in [0.3, 0.4) is 0 Å². The van der Waals surface area contributed by atoms with Gasteiger partial charge in [0.25, 0.3) is 0 Å². The van der Waals surface area contributed by atoms with E-state index in [9.17, 15) is 4.79 Å². The van der Waals surface area contributed by atoms with Gasteiger partial charge in [-0.3, -0.25) is 9.69 Å². The van der Waals surface area contributed by atoms with E-state index in [1.165, 1.54) is 22.5 Å². The number of aromatic nitrogens is 2. The van der Waals surface area contributed by atoms with Crippen molar-refractivity contribution in [3.05, 3.63) is 77.8 Å². The molecule has 3 aromatic rings. The molecule has 2 saturated heterocycles. The number of fused-ring (bicyclic) bond motifs is 2. The van der Waals surface area contributed by atoms with E-state index >= 15 is 0 Å². The summed E-state index contributed by atoms with van der Waals surface area (Å²) < 4.78 is 6.36. The molecule has 0 bridgehead atoms. The van der Waals surface area contributed by atoms with E-state index in [0.717, 1.165) is 43.0 Å². The Morgan fingerprint density at radius 2 is 1.95 bits per heavy atom. The van der Waals surface area contributed by atoms with E-state index in [1.807, 2.05) is 0 Å². The van der Waals surface area contributed by atoms with Crippen molar-refractivity contribution in [2.45, 2.75) is 38.4 Å². The number of anilines is 2. The van der Waals surface area contributed by atoms with Crippen molar-refractivity contribution in [2.24, 2.45) is 5.92 Å². The summed E-state index contributed by atoms with van der Waals surface area (Å²) >= 11 is 0. The first-order valence-corrected chi connectivity index (χ1v) is 14.9. The predicted octanol–water partition coefficient (Wildman–Crippen LogP) is 4.03. The van der Waals surface area contributed by atoms with Crippen molar-refractivity contribution >= 4 is 28.2 Å². The van der Waals surface area contributed by atoms with E-state index in [2.05, 4.69) is 82.6 Å². The molecule has 42 heavy (non-hydrogen) atoms. The number of rotatable bonds is 7. The molecule has 0 radical (unpaired) electrons. The number of carbonyl (C=O) groups excluding carboxylic acids is 1. The Morgan fingerprint density at radius 1 is 1.12 bits per heavy atom. The molecule has 0 unspecified atom stereocenters. The van der Waals surface area contributed by atoms with Crippen LogP contribution in [0.1, 0.15) is 24.6 Å². The second kappa shape index (κ2) is 12.0. The molecule has 0 saturated carbocycles. The van der Waals surface area contributed by atoms with Crippen molar-refractivity contribution in [1.29, 1.82) is 0 Å². The molecule has 3 atom stereocenters. The smallest absolute Gasteiger partial charge is 0.318 e. The molecule has 9 heteroatoms. The summed E-state index contributed by atoms with van der Waals surface area (Å²) in [6, 6.07) is 15.5. The fraction of sp³-hybridized carbons (Fsp3) is 0.455. The number of likely N-dealkylation sites (N-methyl/N-ethyl adjacent to an activating group) is 1. The van der Waals surface area contributed by atoms with Gasteiger partial charge in [-0.25, -0.2) is 6.57 Å². The maximum absolute atomic E-state index is 12.5. The molecule has 0 N–H and O–H groups in total. The number of hydrogen-bond donors (Lipinski definition) is 0. The quantitative estimate of drug-likeness (QED) is 0.317. The number of amides is 1. The van der Waals surface area contributed by atoms with Crippen LogP contribution < -0.4 is 14.5 Å². The van der Waals surface area contributed by atoms with Gasteiger partial charge in [0.1, 0.15) is 18.5 Å². The van der Waals surface area contributed by atoms with E-state index in [1.54, 1.807) is 4.90 Å².